The van der Waals surface area contributed by atoms with Gasteiger partial charge in [-0.2, -0.15) is 0 Å². The van der Waals surface area contributed by atoms with Crippen LogP contribution in [0.15, 0.2) is 18.2 Å². The van der Waals surface area contributed by atoms with Gasteiger partial charge in [0.1, 0.15) is 29.5 Å². The molecule has 2 aromatic rings. The van der Waals surface area contributed by atoms with Crippen LogP contribution in [0.25, 0.3) is 0 Å². The van der Waals surface area contributed by atoms with E-state index in [0.717, 1.165) is 0 Å². The number of phenols is 2. The number of aliphatic hydroxyl groups excluding tert-OH is 2. The molecule has 1 saturated heterocycles. The lowest BCUT2D eigenvalue weighted by molar-refractivity contribution is -0.247. The monoisotopic (exact) mass is 542 g/mol. The van der Waals surface area contributed by atoms with E-state index in [4.69, 9.17) is 19.9 Å². The van der Waals surface area contributed by atoms with Crippen LogP contribution in [0.2, 0.25) is 0 Å². The van der Waals surface area contributed by atoms with Crippen molar-refractivity contribution in [2.24, 2.45) is 5.73 Å². The van der Waals surface area contributed by atoms with Crippen LogP contribution in [0.3, 0.4) is 0 Å². The fourth-order valence-electron chi connectivity index (χ4n) is 5.75. The molecule has 0 radical (unpaired) electrons. The van der Waals surface area contributed by atoms with E-state index in [1.807, 2.05) is 0 Å². The number of fused-ring (bicyclic) bond motifs is 3. The van der Waals surface area contributed by atoms with E-state index in [2.05, 4.69) is 0 Å². The molecule has 2 aromatic carbocycles. The summed E-state index contributed by atoms with van der Waals surface area (Å²) < 4.78 is 17.0. The summed E-state index contributed by atoms with van der Waals surface area (Å²) in [4.78, 5) is 39.7. The number of methoxy groups -OCH3 is 1. The van der Waals surface area contributed by atoms with E-state index in [1.54, 1.807) is 6.92 Å². The molecule has 0 amide bonds. The van der Waals surface area contributed by atoms with Gasteiger partial charge in [-0.25, -0.2) is 0 Å². The molecule has 0 aromatic heterocycles. The summed E-state index contributed by atoms with van der Waals surface area (Å²) in [6.07, 6.45) is -5.12. The highest BCUT2D eigenvalue weighted by Crippen LogP contribution is 2.52. The lowest BCUT2D eigenvalue weighted by atomic mass is 9.72. The quantitative estimate of drug-likeness (QED) is 0.236. The predicted molar refractivity (Wildman–Crippen MR) is 132 cm³/mol. The van der Waals surface area contributed by atoms with Crippen LogP contribution in [-0.4, -0.2) is 86.7 Å². The van der Waals surface area contributed by atoms with Gasteiger partial charge in [0, 0.05) is 42.0 Å². The third-order valence-electron chi connectivity index (χ3n) is 7.81. The number of benzene rings is 2. The first-order chi connectivity index (χ1) is 18.4. The molecule has 39 heavy (non-hydrogen) atoms. The summed E-state index contributed by atoms with van der Waals surface area (Å²) in [5.74, 6) is -3.77. The standard InChI is InChI=1S/C27H29NO11/c1-10-22(31)13(28)6-17(38-10)39-15-8-27(36,16(30)9-29)7-12-19(15)26(35)21-20(24(12)33)23(32)11-4-3-5-14(37-2)18(11)25(21)34/h3-5,10,13,15,17,22,29,31,33,35-36H,6-9,28H2,1-2H3/t10-,13-,15-,17-,22-,27-/m0/s1/i2-1. The minimum Gasteiger partial charge on any atom is -0.507 e. The highest BCUT2D eigenvalue weighted by Gasteiger charge is 2.50. The number of aliphatic hydroxyl groups is 3. The minimum atomic E-state index is -2.24. The van der Waals surface area contributed by atoms with E-state index in [1.165, 1.54) is 25.3 Å². The summed E-state index contributed by atoms with van der Waals surface area (Å²) in [6.45, 7) is 0.560. The number of carbonyl (C=O) groups is 3. The third kappa shape index (κ3) is 4.11. The molecule has 12 heteroatoms. The first-order valence-electron chi connectivity index (χ1n) is 12.4. The number of nitrogens with two attached hydrogens (primary N) is 1. The van der Waals surface area contributed by atoms with Crippen LogP contribution in [0.1, 0.15) is 68.8 Å². The van der Waals surface area contributed by atoms with Gasteiger partial charge >= 0.3 is 0 Å². The van der Waals surface area contributed by atoms with Crippen molar-refractivity contribution in [1.29, 1.82) is 0 Å². The van der Waals surface area contributed by atoms with Crippen LogP contribution in [-0.2, 0) is 20.7 Å². The lowest BCUT2D eigenvalue weighted by Crippen LogP contribution is -2.53. The number of Topliss-reactive ketones (excluding diaryl/α,β-unsaturated/α-hetero) is 1. The van der Waals surface area contributed by atoms with Gasteiger partial charge in [0.25, 0.3) is 0 Å². The second-order valence-electron chi connectivity index (χ2n) is 10.2. The Morgan fingerprint density at radius 3 is 2.49 bits per heavy atom. The van der Waals surface area contributed by atoms with Crippen LogP contribution in [0, 0.1) is 0 Å². The number of aromatic hydroxyl groups is 2. The summed E-state index contributed by atoms with van der Waals surface area (Å²) in [6, 6.07) is 3.64. The third-order valence-corrected chi connectivity index (χ3v) is 7.81. The molecular weight excluding hydrogens is 513 g/mol. The highest BCUT2D eigenvalue weighted by atomic mass is 16.7. The zero-order valence-electron chi connectivity index (χ0n) is 21.2. The molecule has 0 saturated carbocycles. The van der Waals surface area contributed by atoms with E-state index >= 15 is 0 Å². The summed E-state index contributed by atoms with van der Waals surface area (Å²) in [7, 11) is 1.32. The van der Waals surface area contributed by atoms with Crippen molar-refractivity contribution in [3.63, 3.8) is 0 Å². The van der Waals surface area contributed by atoms with Gasteiger partial charge in [0.05, 0.1) is 42.1 Å². The Kier molecular flexibility index (Phi) is 6.74. The number of hydrogen-bond donors (Lipinski definition) is 6. The molecular formula is C27H29NO11. The molecule has 1 heterocycles. The zero-order chi connectivity index (χ0) is 28.4. The van der Waals surface area contributed by atoms with E-state index in [9.17, 15) is 39.9 Å². The topological polar surface area (TPSA) is 206 Å². The molecule has 5 rings (SSSR count). The molecule has 12 nitrogen and oxygen atoms in total. The largest absolute Gasteiger partial charge is 0.507 e. The van der Waals surface area contributed by atoms with Gasteiger partial charge in [0.15, 0.2) is 17.9 Å². The molecule has 0 bridgehead atoms. The first-order valence-corrected chi connectivity index (χ1v) is 12.4. The Morgan fingerprint density at radius 2 is 1.85 bits per heavy atom. The van der Waals surface area contributed by atoms with Gasteiger partial charge in [-0.1, -0.05) is 12.1 Å². The van der Waals surface area contributed by atoms with Crippen LogP contribution < -0.4 is 10.5 Å². The summed E-state index contributed by atoms with van der Waals surface area (Å²) >= 11 is 0. The van der Waals surface area contributed by atoms with Crippen LogP contribution in [0.5, 0.6) is 17.2 Å². The van der Waals surface area contributed by atoms with Gasteiger partial charge in [-0.05, 0) is 13.0 Å². The fourth-order valence-corrected chi connectivity index (χ4v) is 5.75. The van der Waals surface area contributed by atoms with Gasteiger partial charge in [0.2, 0.25) is 5.78 Å². The molecule has 0 unspecified atom stereocenters. The van der Waals surface area contributed by atoms with Crippen molar-refractivity contribution in [2.75, 3.05) is 13.7 Å². The number of ketones is 3. The average Bonchev–Trinajstić information content (AvgIpc) is 2.90. The maximum atomic E-state index is 13.6. The Bertz CT molecular complexity index is 1380. The normalized spacial score (nSPS) is 29.8. The Balaban J connectivity index is 1.69. The van der Waals surface area contributed by atoms with Crippen molar-refractivity contribution in [1.82, 2.24) is 0 Å². The average molecular weight is 543 g/mol. The molecule has 6 atom stereocenters. The van der Waals surface area contributed by atoms with Gasteiger partial charge in [-0.15, -0.1) is 0 Å². The number of ether oxygens (including phenoxy) is 3. The number of hydrogen-bond acceptors (Lipinski definition) is 12. The minimum absolute atomic E-state index is 0.0173. The fraction of sp³-hybridized carbons (Fsp3) is 0.444. The molecule has 2 aliphatic carbocycles. The van der Waals surface area contributed by atoms with Crippen LogP contribution >= 0.6 is 0 Å². The van der Waals surface area contributed by atoms with E-state index in [-0.39, 0.29) is 34.4 Å². The van der Waals surface area contributed by atoms with Crippen molar-refractivity contribution in [3.05, 3.63) is 51.6 Å². The number of phenolic OH excluding ortho intramolecular Hbond substituents is 2. The second kappa shape index (κ2) is 9.66. The van der Waals surface area contributed by atoms with Gasteiger partial charge in [-0.3, -0.25) is 14.4 Å². The Hall–Kier alpha value is -3.39. The number of carbonyl (C=O) groups excluding carboxylic acids is 3. The number of rotatable bonds is 5. The summed E-state index contributed by atoms with van der Waals surface area (Å²) in [5, 5.41) is 53.7. The Morgan fingerprint density at radius 1 is 1.15 bits per heavy atom. The lowest BCUT2D eigenvalue weighted by Gasteiger charge is -2.42. The second-order valence-corrected chi connectivity index (χ2v) is 10.2. The molecule has 0 spiro atoms. The van der Waals surface area contributed by atoms with Crippen LogP contribution in [0.4, 0.5) is 0 Å². The van der Waals surface area contributed by atoms with Crippen molar-refractivity contribution >= 4 is 17.3 Å². The molecule has 1 fully saturated rings. The summed E-state index contributed by atoms with van der Waals surface area (Å²) in [5.41, 5.74) is 2.37. The predicted octanol–water partition coefficient (Wildman–Crippen LogP) is 0.00130. The Labute approximate surface area is 222 Å². The SMILES string of the molecule is C[C@@H]1O[C@@H](O[C@H]2C[C@](O)(C(=O)CO)Cc3c(O)c4c(c(O)c32)C(=O)c2c(O[11CH3])cccc2C4=O)C[C@H](N)[C@H]1O. The smallest absolute Gasteiger partial charge is 0.202 e. The van der Waals surface area contributed by atoms with Crippen molar-refractivity contribution < 1.29 is 54.1 Å². The molecule has 1 aliphatic heterocycles. The van der Waals surface area contributed by atoms with E-state index < -0.39 is 95.7 Å². The van der Waals surface area contributed by atoms with Crippen molar-refractivity contribution in [3.8, 4) is 17.2 Å². The van der Waals surface area contributed by atoms with E-state index in [0.29, 0.717) is 0 Å². The maximum Gasteiger partial charge on any atom is 0.202 e. The maximum absolute atomic E-state index is 13.6. The molecule has 7 N–H and O–H groups in total. The highest BCUT2D eigenvalue weighted by molar-refractivity contribution is 6.31. The zero-order valence-corrected chi connectivity index (χ0v) is 21.2. The first kappa shape index (κ1) is 27.2. The van der Waals surface area contributed by atoms with Crippen molar-refractivity contribution in [2.45, 2.75) is 62.4 Å². The molecule has 208 valence electrons. The molecule has 3 aliphatic rings. The van der Waals surface area contributed by atoms with Gasteiger partial charge < -0.3 is 45.5 Å².